The molecular weight excluding hydrogens is 314 g/mol. The van der Waals surface area contributed by atoms with Crippen molar-refractivity contribution in [1.82, 2.24) is 0 Å². The molecule has 0 aliphatic heterocycles. The third-order valence-electron chi connectivity index (χ3n) is 4.19. The molecule has 0 fully saturated rings. The van der Waals surface area contributed by atoms with Crippen LogP contribution in [0, 0.1) is 13.8 Å². The standard InChI is InChI=1S/C21H21NOS/c1-14-10-11-17(12-15(14)2)19-13-18(21(24-19)22(3)4)20(23)16-8-6-5-7-9-16/h5-13H,1-4H3. The van der Waals surface area contributed by atoms with Crippen LogP contribution in [-0.4, -0.2) is 19.9 Å². The number of benzene rings is 2. The molecule has 0 N–H and O–H groups in total. The molecule has 3 aromatic rings. The van der Waals surface area contributed by atoms with Gasteiger partial charge in [-0.3, -0.25) is 4.79 Å². The maximum atomic E-state index is 12.9. The number of thiophene rings is 1. The van der Waals surface area contributed by atoms with Crippen molar-refractivity contribution in [2.45, 2.75) is 13.8 Å². The van der Waals surface area contributed by atoms with E-state index in [2.05, 4.69) is 32.0 Å². The molecule has 2 aromatic carbocycles. The Bertz CT molecular complexity index is 878. The highest BCUT2D eigenvalue weighted by Gasteiger charge is 2.19. The summed E-state index contributed by atoms with van der Waals surface area (Å²) in [5, 5.41) is 0.997. The average Bonchev–Trinajstić information content (AvgIpc) is 3.03. The van der Waals surface area contributed by atoms with Crippen molar-refractivity contribution in [3.8, 4) is 10.4 Å². The molecular formula is C21H21NOS. The van der Waals surface area contributed by atoms with Crippen molar-refractivity contribution >= 4 is 22.1 Å². The van der Waals surface area contributed by atoms with E-state index in [1.54, 1.807) is 11.3 Å². The van der Waals surface area contributed by atoms with Crippen LogP contribution < -0.4 is 4.90 Å². The van der Waals surface area contributed by atoms with E-state index in [9.17, 15) is 4.79 Å². The molecule has 0 bridgehead atoms. The van der Waals surface area contributed by atoms with E-state index in [1.807, 2.05) is 55.4 Å². The number of aryl methyl sites for hydroxylation is 2. The number of hydrogen-bond donors (Lipinski definition) is 0. The van der Waals surface area contributed by atoms with Gasteiger partial charge in [-0.25, -0.2) is 0 Å². The van der Waals surface area contributed by atoms with Crippen LogP contribution in [0.25, 0.3) is 10.4 Å². The lowest BCUT2D eigenvalue weighted by atomic mass is 10.0. The molecule has 122 valence electrons. The molecule has 0 saturated heterocycles. The first-order valence-corrected chi connectivity index (χ1v) is 8.77. The summed E-state index contributed by atoms with van der Waals surface area (Å²) in [6.45, 7) is 4.23. The van der Waals surface area contributed by atoms with Gasteiger partial charge in [0.1, 0.15) is 5.00 Å². The van der Waals surface area contributed by atoms with Crippen molar-refractivity contribution in [2.24, 2.45) is 0 Å². The first-order chi connectivity index (χ1) is 11.5. The number of hydrogen-bond acceptors (Lipinski definition) is 3. The topological polar surface area (TPSA) is 20.3 Å². The minimum absolute atomic E-state index is 0.0747. The smallest absolute Gasteiger partial charge is 0.196 e. The summed E-state index contributed by atoms with van der Waals surface area (Å²) in [7, 11) is 3.97. The van der Waals surface area contributed by atoms with Crippen LogP contribution in [0.4, 0.5) is 5.00 Å². The van der Waals surface area contributed by atoms with Gasteiger partial charge in [0.15, 0.2) is 5.78 Å². The van der Waals surface area contributed by atoms with Crippen molar-refractivity contribution in [1.29, 1.82) is 0 Å². The number of anilines is 1. The minimum Gasteiger partial charge on any atom is -0.369 e. The van der Waals surface area contributed by atoms with E-state index in [0.717, 1.165) is 21.0 Å². The molecule has 0 spiro atoms. The fraction of sp³-hybridized carbons (Fsp3) is 0.190. The first-order valence-electron chi connectivity index (χ1n) is 7.96. The van der Waals surface area contributed by atoms with Gasteiger partial charge in [-0.1, -0.05) is 48.5 Å². The van der Waals surface area contributed by atoms with Crippen molar-refractivity contribution < 1.29 is 4.79 Å². The molecule has 0 saturated carbocycles. The lowest BCUT2D eigenvalue weighted by molar-refractivity contribution is 0.103. The summed E-state index contributed by atoms with van der Waals surface area (Å²) in [5.41, 5.74) is 5.21. The van der Waals surface area contributed by atoms with Crippen LogP contribution in [0.15, 0.2) is 54.6 Å². The Balaban J connectivity index is 2.08. The van der Waals surface area contributed by atoms with Gasteiger partial charge in [0.25, 0.3) is 0 Å². The monoisotopic (exact) mass is 335 g/mol. The zero-order valence-electron chi connectivity index (χ0n) is 14.5. The predicted molar refractivity (Wildman–Crippen MR) is 103 cm³/mol. The van der Waals surface area contributed by atoms with E-state index in [1.165, 1.54) is 16.7 Å². The van der Waals surface area contributed by atoms with Gasteiger partial charge in [-0.2, -0.15) is 0 Å². The summed E-state index contributed by atoms with van der Waals surface area (Å²) in [6.07, 6.45) is 0. The predicted octanol–water partition coefficient (Wildman–Crippen LogP) is 5.33. The Morgan fingerprint density at radius 1 is 0.917 bits per heavy atom. The van der Waals surface area contributed by atoms with Gasteiger partial charge in [0, 0.05) is 24.5 Å². The highest BCUT2D eigenvalue weighted by molar-refractivity contribution is 7.19. The molecule has 0 aliphatic rings. The Hall–Kier alpha value is -2.39. The number of nitrogens with zero attached hydrogens (tertiary/aromatic N) is 1. The number of ketones is 1. The Kier molecular flexibility index (Phi) is 4.54. The van der Waals surface area contributed by atoms with Crippen LogP contribution in [-0.2, 0) is 0 Å². The molecule has 0 radical (unpaired) electrons. The van der Waals surface area contributed by atoms with Crippen molar-refractivity contribution in [2.75, 3.05) is 19.0 Å². The maximum absolute atomic E-state index is 12.9. The normalized spacial score (nSPS) is 10.7. The van der Waals surface area contributed by atoms with Crippen LogP contribution in [0.2, 0.25) is 0 Å². The fourth-order valence-electron chi connectivity index (χ4n) is 2.66. The molecule has 1 heterocycles. The quantitative estimate of drug-likeness (QED) is 0.601. The average molecular weight is 335 g/mol. The second kappa shape index (κ2) is 6.62. The summed E-state index contributed by atoms with van der Waals surface area (Å²) in [4.78, 5) is 16.1. The van der Waals surface area contributed by atoms with Gasteiger partial charge in [-0.15, -0.1) is 11.3 Å². The molecule has 1 aromatic heterocycles. The van der Waals surface area contributed by atoms with Crippen LogP contribution >= 0.6 is 11.3 Å². The van der Waals surface area contributed by atoms with Crippen molar-refractivity contribution in [3.05, 3.63) is 76.9 Å². The lowest BCUT2D eigenvalue weighted by Gasteiger charge is -2.11. The zero-order chi connectivity index (χ0) is 17.3. The fourth-order valence-corrected chi connectivity index (χ4v) is 3.73. The lowest BCUT2D eigenvalue weighted by Crippen LogP contribution is -2.11. The van der Waals surface area contributed by atoms with Crippen LogP contribution in [0.3, 0.4) is 0 Å². The third kappa shape index (κ3) is 3.13. The molecule has 24 heavy (non-hydrogen) atoms. The summed E-state index contributed by atoms with van der Waals surface area (Å²) < 4.78 is 0. The van der Waals surface area contributed by atoms with Gasteiger partial charge in [0.05, 0.1) is 5.56 Å². The van der Waals surface area contributed by atoms with Crippen LogP contribution in [0.5, 0.6) is 0 Å². The number of carbonyl (C=O) groups excluding carboxylic acids is 1. The Morgan fingerprint density at radius 2 is 1.62 bits per heavy atom. The highest BCUT2D eigenvalue weighted by atomic mass is 32.1. The largest absolute Gasteiger partial charge is 0.369 e. The highest BCUT2D eigenvalue weighted by Crippen LogP contribution is 2.38. The van der Waals surface area contributed by atoms with Gasteiger partial charge in [0.2, 0.25) is 0 Å². The molecule has 0 aliphatic carbocycles. The number of rotatable bonds is 4. The summed E-state index contributed by atoms with van der Waals surface area (Å²) in [5.74, 6) is 0.0747. The molecule has 3 rings (SSSR count). The Morgan fingerprint density at radius 3 is 2.25 bits per heavy atom. The summed E-state index contributed by atoms with van der Waals surface area (Å²) in [6, 6.07) is 18.0. The van der Waals surface area contributed by atoms with Gasteiger partial charge < -0.3 is 4.90 Å². The van der Waals surface area contributed by atoms with Gasteiger partial charge >= 0.3 is 0 Å². The zero-order valence-corrected chi connectivity index (χ0v) is 15.3. The van der Waals surface area contributed by atoms with E-state index >= 15 is 0 Å². The van der Waals surface area contributed by atoms with Gasteiger partial charge in [-0.05, 0) is 36.6 Å². The number of carbonyl (C=O) groups is 1. The second-order valence-electron chi connectivity index (χ2n) is 6.22. The first kappa shape index (κ1) is 16.5. The SMILES string of the molecule is Cc1ccc(-c2cc(C(=O)c3ccccc3)c(N(C)C)s2)cc1C. The second-order valence-corrected chi connectivity index (χ2v) is 7.25. The third-order valence-corrected chi connectivity index (χ3v) is 5.54. The molecule has 0 unspecified atom stereocenters. The summed E-state index contributed by atoms with van der Waals surface area (Å²) >= 11 is 1.66. The van der Waals surface area contributed by atoms with E-state index < -0.39 is 0 Å². The minimum atomic E-state index is 0.0747. The van der Waals surface area contributed by atoms with Crippen LogP contribution in [0.1, 0.15) is 27.0 Å². The molecule has 0 atom stereocenters. The van der Waals surface area contributed by atoms with E-state index in [4.69, 9.17) is 0 Å². The molecule has 0 amide bonds. The van der Waals surface area contributed by atoms with E-state index in [-0.39, 0.29) is 5.78 Å². The Labute approximate surface area is 147 Å². The van der Waals surface area contributed by atoms with Crippen molar-refractivity contribution in [3.63, 3.8) is 0 Å². The van der Waals surface area contributed by atoms with E-state index in [0.29, 0.717) is 0 Å². The molecule has 3 heteroatoms. The maximum Gasteiger partial charge on any atom is 0.196 e. The molecule has 2 nitrogen and oxygen atoms in total.